The summed E-state index contributed by atoms with van der Waals surface area (Å²) in [5.74, 6) is 3.39. The number of likely N-dealkylation sites (tertiary alicyclic amines) is 1. The molecule has 0 aromatic carbocycles. The van der Waals surface area contributed by atoms with Crippen LogP contribution in [-0.4, -0.2) is 47.4 Å². The Balaban J connectivity index is 1.29. The Bertz CT molecular complexity index is 589. The lowest BCUT2D eigenvalue weighted by molar-refractivity contribution is -0.119. The zero-order valence-electron chi connectivity index (χ0n) is 16.7. The normalized spacial score (nSPS) is 61.5. The standard InChI is InChI=1S/C23H37NO2/c1-22-8-7-16-15(6-5-14-11-19-20(26-19)13-23(14,16)2)17(22)12-18(21(22)25)24-9-3-4-10-24/h14-21,25H,3-13H2,1-2H3/t14?,15?,16?,17?,18-,19+,20?,21-,22+,23+/m1/s1. The van der Waals surface area contributed by atoms with Gasteiger partial charge < -0.3 is 9.84 Å². The number of aliphatic hydroxyl groups is 1. The largest absolute Gasteiger partial charge is 0.391 e. The maximum Gasteiger partial charge on any atom is 0.0847 e. The molecule has 0 amide bonds. The molecule has 3 nitrogen and oxygen atoms in total. The zero-order chi connectivity index (χ0) is 17.7. The van der Waals surface area contributed by atoms with Crippen LogP contribution in [-0.2, 0) is 4.74 Å². The molecule has 4 saturated carbocycles. The Morgan fingerprint density at radius 1 is 0.923 bits per heavy atom. The van der Waals surface area contributed by atoms with E-state index in [2.05, 4.69) is 18.7 Å². The lowest BCUT2D eigenvalue weighted by Crippen LogP contribution is -2.54. The van der Waals surface area contributed by atoms with Gasteiger partial charge in [-0.2, -0.15) is 0 Å². The molecule has 2 aliphatic heterocycles. The molecule has 6 fully saturated rings. The second-order valence-electron chi connectivity index (χ2n) is 11.3. The van der Waals surface area contributed by atoms with Gasteiger partial charge in [-0.05, 0) is 105 Å². The molecule has 0 aromatic heterocycles. The quantitative estimate of drug-likeness (QED) is 0.723. The second-order valence-corrected chi connectivity index (χ2v) is 11.3. The number of epoxide rings is 1. The Morgan fingerprint density at radius 2 is 1.73 bits per heavy atom. The number of fused-ring (bicyclic) bond motifs is 6. The van der Waals surface area contributed by atoms with Crippen molar-refractivity contribution in [3.8, 4) is 0 Å². The number of aliphatic hydroxyl groups excluding tert-OH is 1. The van der Waals surface area contributed by atoms with Crippen molar-refractivity contribution in [3.05, 3.63) is 0 Å². The van der Waals surface area contributed by atoms with E-state index in [4.69, 9.17) is 4.74 Å². The van der Waals surface area contributed by atoms with Crippen molar-refractivity contribution in [1.82, 2.24) is 4.90 Å². The molecule has 5 unspecified atom stereocenters. The van der Waals surface area contributed by atoms with Gasteiger partial charge in [0.25, 0.3) is 0 Å². The summed E-state index contributed by atoms with van der Waals surface area (Å²) in [6, 6.07) is 0.444. The van der Waals surface area contributed by atoms with E-state index in [0.717, 1.165) is 23.7 Å². The summed E-state index contributed by atoms with van der Waals surface area (Å²) in [6.07, 6.45) is 13.1. The van der Waals surface area contributed by atoms with Crippen LogP contribution in [0.4, 0.5) is 0 Å². The Kier molecular flexibility index (Phi) is 3.54. The monoisotopic (exact) mass is 359 g/mol. The molecule has 2 saturated heterocycles. The minimum Gasteiger partial charge on any atom is -0.391 e. The van der Waals surface area contributed by atoms with Crippen LogP contribution in [0, 0.1) is 34.5 Å². The van der Waals surface area contributed by atoms with Crippen molar-refractivity contribution in [2.24, 2.45) is 34.5 Å². The fraction of sp³-hybridized carbons (Fsp3) is 1.00. The first kappa shape index (κ1) is 16.8. The first-order valence-electron chi connectivity index (χ1n) is 11.6. The van der Waals surface area contributed by atoms with Gasteiger partial charge in [-0.1, -0.05) is 13.8 Å². The van der Waals surface area contributed by atoms with Gasteiger partial charge in [-0.15, -0.1) is 0 Å². The number of ether oxygens (including phenoxy) is 1. The predicted molar refractivity (Wildman–Crippen MR) is 102 cm³/mol. The molecule has 3 heteroatoms. The predicted octanol–water partition coefficient (Wildman–Crippen LogP) is 3.84. The van der Waals surface area contributed by atoms with E-state index in [1.165, 1.54) is 70.9 Å². The molecule has 0 radical (unpaired) electrons. The molecule has 146 valence electrons. The summed E-state index contributed by atoms with van der Waals surface area (Å²) < 4.78 is 5.98. The molecule has 6 aliphatic rings. The Morgan fingerprint density at radius 3 is 2.54 bits per heavy atom. The molecule has 0 spiro atoms. The van der Waals surface area contributed by atoms with E-state index in [-0.39, 0.29) is 11.5 Å². The van der Waals surface area contributed by atoms with Crippen molar-refractivity contribution in [2.45, 2.75) is 96.0 Å². The number of nitrogens with zero attached hydrogens (tertiary/aromatic N) is 1. The third kappa shape index (κ3) is 2.12. The highest BCUT2D eigenvalue weighted by Gasteiger charge is 2.65. The van der Waals surface area contributed by atoms with Crippen LogP contribution in [0.5, 0.6) is 0 Å². The van der Waals surface area contributed by atoms with Gasteiger partial charge in [0, 0.05) is 6.04 Å². The number of hydrogen-bond donors (Lipinski definition) is 1. The molecule has 1 N–H and O–H groups in total. The van der Waals surface area contributed by atoms with E-state index in [1.807, 2.05) is 0 Å². The molecule has 6 rings (SSSR count). The SMILES string of the molecule is C[C@]12CC3O[C@H]3CC1CCC1C2CC[C@@]2(C)C1C[C@@H](N1CCCC1)[C@H]2O. The van der Waals surface area contributed by atoms with Gasteiger partial charge in [0.2, 0.25) is 0 Å². The molecular weight excluding hydrogens is 322 g/mol. The molecule has 0 bridgehead atoms. The van der Waals surface area contributed by atoms with Gasteiger partial charge in [0.1, 0.15) is 0 Å². The van der Waals surface area contributed by atoms with Crippen molar-refractivity contribution in [2.75, 3.05) is 13.1 Å². The highest BCUT2D eigenvalue weighted by atomic mass is 16.6. The van der Waals surface area contributed by atoms with Gasteiger partial charge >= 0.3 is 0 Å². The van der Waals surface area contributed by atoms with E-state index in [0.29, 0.717) is 23.7 Å². The number of hydrogen-bond acceptors (Lipinski definition) is 3. The first-order chi connectivity index (χ1) is 12.5. The maximum atomic E-state index is 11.4. The van der Waals surface area contributed by atoms with Crippen LogP contribution < -0.4 is 0 Å². The Hall–Kier alpha value is -0.120. The highest BCUT2D eigenvalue weighted by Crippen LogP contribution is 2.68. The molecule has 26 heavy (non-hydrogen) atoms. The van der Waals surface area contributed by atoms with Crippen molar-refractivity contribution in [1.29, 1.82) is 0 Å². The van der Waals surface area contributed by atoms with Crippen LogP contribution in [0.15, 0.2) is 0 Å². The van der Waals surface area contributed by atoms with Crippen LogP contribution >= 0.6 is 0 Å². The van der Waals surface area contributed by atoms with Crippen molar-refractivity contribution >= 4 is 0 Å². The van der Waals surface area contributed by atoms with Gasteiger partial charge in [-0.25, -0.2) is 0 Å². The van der Waals surface area contributed by atoms with Crippen LogP contribution in [0.25, 0.3) is 0 Å². The minimum absolute atomic E-state index is 0.0976. The van der Waals surface area contributed by atoms with E-state index < -0.39 is 0 Å². The fourth-order valence-corrected chi connectivity index (χ4v) is 8.93. The molecule has 2 heterocycles. The van der Waals surface area contributed by atoms with E-state index in [1.54, 1.807) is 0 Å². The smallest absolute Gasteiger partial charge is 0.0847 e. The summed E-state index contributed by atoms with van der Waals surface area (Å²) >= 11 is 0. The Labute approximate surface area is 158 Å². The summed E-state index contributed by atoms with van der Waals surface area (Å²) in [7, 11) is 0. The van der Waals surface area contributed by atoms with Crippen LogP contribution in [0.1, 0.15) is 71.6 Å². The third-order valence-corrected chi connectivity index (χ3v) is 10.5. The summed E-state index contributed by atoms with van der Waals surface area (Å²) in [6.45, 7) is 7.51. The summed E-state index contributed by atoms with van der Waals surface area (Å²) in [5, 5.41) is 11.4. The molecule has 0 aromatic rings. The average molecular weight is 360 g/mol. The second kappa shape index (κ2) is 5.48. The van der Waals surface area contributed by atoms with E-state index in [9.17, 15) is 5.11 Å². The lowest BCUT2D eigenvalue weighted by Gasteiger charge is -2.59. The topological polar surface area (TPSA) is 36.0 Å². The van der Waals surface area contributed by atoms with Gasteiger partial charge in [0.05, 0.1) is 18.3 Å². The number of rotatable bonds is 1. The molecule has 4 aliphatic carbocycles. The first-order valence-corrected chi connectivity index (χ1v) is 11.6. The average Bonchev–Trinajstić information content (AvgIpc) is 3.02. The van der Waals surface area contributed by atoms with Crippen molar-refractivity contribution < 1.29 is 9.84 Å². The summed E-state index contributed by atoms with van der Waals surface area (Å²) in [5.41, 5.74) is 0.684. The van der Waals surface area contributed by atoms with Gasteiger partial charge in [0.15, 0.2) is 0 Å². The zero-order valence-corrected chi connectivity index (χ0v) is 16.7. The van der Waals surface area contributed by atoms with E-state index >= 15 is 0 Å². The van der Waals surface area contributed by atoms with Crippen molar-refractivity contribution in [3.63, 3.8) is 0 Å². The fourth-order valence-electron chi connectivity index (χ4n) is 8.93. The summed E-state index contributed by atoms with van der Waals surface area (Å²) in [4.78, 5) is 2.64. The third-order valence-electron chi connectivity index (χ3n) is 10.5. The van der Waals surface area contributed by atoms with Crippen LogP contribution in [0.2, 0.25) is 0 Å². The highest BCUT2D eigenvalue weighted by molar-refractivity contribution is 5.15. The molecule has 10 atom stereocenters. The molecular formula is C23H37NO2. The minimum atomic E-state index is -0.0976. The van der Waals surface area contributed by atoms with Gasteiger partial charge in [-0.3, -0.25) is 4.90 Å². The lowest BCUT2D eigenvalue weighted by atomic mass is 9.45. The maximum absolute atomic E-state index is 11.4. The van der Waals surface area contributed by atoms with Crippen LogP contribution in [0.3, 0.4) is 0 Å².